The zero-order chi connectivity index (χ0) is 28.1. The number of rotatable bonds is 16. The molecule has 38 heavy (non-hydrogen) atoms. The smallest absolute Gasteiger partial charge is 0.326 e. The lowest BCUT2D eigenvalue weighted by atomic mass is 10.0. The molecule has 0 radical (unpaired) electrons. The maximum atomic E-state index is 13.3. The van der Waals surface area contributed by atoms with Gasteiger partial charge >= 0.3 is 5.97 Å². The molecule has 12 nitrogen and oxygen atoms in total. The maximum Gasteiger partial charge on any atom is 0.326 e. The number of amides is 3. The second-order valence-electron chi connectivity index (χ2n) is 9.70. The Labute approximate surface area is 223 Å². The van der Waals surface area contributed by atoms with Crippen LogP contribution in [0.3, 0.4) is 0 Å². The third-order valence-electron chi connectivity index (χ3n) is 6.70. The molecule has 4 unspecified atom stereocenters. The number of benzene rings is 1. The molecular weight excluding hydrogens is 492 g/mol. The zero-order valence-electron chi connectivity index (χ0n) is 21.8. The van der Waals surface area contributed by atoms with Gasteiger partial charge < -0.3 is 42.9 Å². The number of carboxylic acids is 1. The summed E-state index contributed by atoms with van der Waals surface area (Å²) in [6, 6.07) is 2.40. The van der Waals surface area contributed by atoms with Crippen molar-refractivity contribution < 1.29 is 29.4 Å². The highest BCUT2D eigenvalue weighted by Gasteiger charge is 2.37. The fraction of sp³-hybridized carbons (Fsp3) is 0.615. The standard InChI is InChI=1S/C26H42N6O6/c27-13-3-1-6-19(29)25(36)32-15-5-8-22(32)24(35)31-21(16-17-9-11-18(33)12-10-17)23(34)30-20(26(37)38)7-2-4-14-28/h9-12,19-22,33H,1-8,13-16,27-29H2,(H,30,34)(H,31,35)(H,37,38). The van der Waals surface area contributed by atoms with Crippen LogP contribution < -0.4 is 27.8 Å². The summed E-state index contributed by atoms with van der Waals surface area (Å²) in [6.45, 7) is 1.31. The first-order chi connectivity index (χ1) is 18.2. The first-order valence-electron chi connectivity index (χ1n) is 13.3. The van der Waals surface area contributed by atoms with Crippen molar-refractivity contribution >= 4 is 23.7 Å². The number of unbranched alkanes of at least 4 members (excludes halogenated alkanes) is 2. The van der Waals surface area contributed by atoms with Gasteiger partial charge in [0.15, 0.2) is 0 Å². The molecule has 2 rings (SSSR count). The fourth-order valence-corrected chi connectivity index (χ4v) is 4.52. The van der Waals surface area contributed by atoms with Crippen molar-refractivity contribution in [2.24, 2.45) is 17.2 Å². The molecule has 0 spiro atoms. The second kappa shape index (κ2) is 15.9. The first kappa shape index (κ1) is 31.0. The van der Waals surface area contributed by atoms with Gasteiger partial charge in [-0.2, -0.15) is 0 Å². The Kier molecular flexibility index (Phi) is 13.0. The van der Waals surface area contributed by atoms with Crippen LogP contribution in [0.4, 0.5) is 0 Å². The number of carboxylic acid groups (broad SMARTS) is 1. The number of aromatic hydroxyl groups is 1. The summed E-state index contributed by atoms with van der Waals surface area (Å²) in [5.41, 5.74) is 17.7. The number of carbonyl (C=O) groups excluding carboxylic acids is 3. The van der Waals surface area contributed by atoms with E-state index in [9.17, 15) is 29.4 Å². The molecular formula is C26H42N6O6. The van der Waals surface area contributed by atoms with E-state index in [-0.39, 0.29) is 24.5 Å². The Balaban J connectivity index is 2.15. The summed E-state index contributed by atoms with van der Waals surface area (Å²) in [7, 11) is 0. The lowest BCUT2D eigenvalue weighted by Gasteiger charge is -2.29. The minimum atomic E-state index is -1.18. The number of aliphatic carboxylic acids is 1. The van der Waals surface area contributed by atoms with E-state index >= 15 is 0 Å². The van der Waals surface area contributed by atoms with Gasteiger partial charge in [0, 0.05) is 13.0 Å². The predicted molar refractivity (Wildman–Crippen MR) is 142 cm³/mol. The number of hydrogen-bond acceptors (Lipinski definition) is 8. The third kappa shape index (κ3) is 9.58. The Bertz CT molecular complexity index is 927. The average Bonchev–Trinajstić information content (AvgIpc) is 3.38. The van der Waals surface area contributed by atoms with Crippen molar-refractivity contribution in [1.29, 1.82) is 0 Å². The first-order valence-corrected chi connectivity index (χ1v) is 13.3. The fourth-order valence-electron chi connectivity index (χ4n) is 4.52. The van der Waals surface area contributed by atoms with Crippen LogP contribution in [0.2, 0.25) is 0 Å². The van der Waals surface area contributed by atoms with Crippen molar-refractivity contribution in [3.63, 3.8) is 0 Å². The molecule has 0 saturated carbocycles. The van der Waals surface area contributed by atoms with E-state index in [0.29, 0.717) is 63.7 Å². The number of carbonyl (C=O) groups is 4. The van der Waals surface area contributed by atoms with Gasteiger partial charge in [0.2, 0.25) is 17.7 Å². The number of phenolic OH excluding ortho intramolecular Hbond substituents is 1. The van der Waals surface area contributed by atoms with Crippen LogP contribution in [0.5, 0.6) is 5.75 Å². The van der Waals surface area contributed by atoms with Gasteiger partial charge in [-0.05, 0) is 75.7 Å². The van der Waals surface area contributed by atoms with E-state index in [1.807, 2.05) is 0 Å². The van der Waals surface area contributed by atoms with Crippen molar-refractivity contribution in [3.8, 4) is 5.75 Å². The van der Waals surface area contributed by atoms with Gasteiger partial charge in [-0.3, -0.25) is 14.4 Å². The molecule has 10 N–H and O–H groups in total. The zero-order valence-corrected chi connectivity index (χ0v) is 21.8. The number of nitrogens with zero attached hydrogens (tertiary/aromatic N) is 1. The average molecular weight is 535 g/mol. The van der Waals surface area contributed by atoms with Crippen LogP contribution in [-0.4, -0.2) is 82.6 Å². The summed E-state index contributed by atoms with van der Waals surface area (Å²) in [4.78, 5) is 52.7. The topological polar surface area (TPSA) is 214 Å². The minimum Gasteiger partial charge on any atom is -0.508 e. The van der Waals surface area contributed by atoms with Crippen LogP contribution >= 0.6 is 0 Å². The van der Waals surface area contributed by atoms with Crippen molar-refractivity contribution in [3.05, 3.63) is 29.8 Å². The SMILES string of the molecule is NCCCCC(N)C(=O)N1CCCC1C(=O)NC(Cc1ccc(O)cc1)C(=O)NC(CCCCN)C(=O)O. The third-order valence-corrected chi connectivity index (χ3v) is 6.70. The number of nitrogens with two attached hydrogens (primary N) is 3. The van der Waals surface area contributed by atoms with E-state index in [2.05, 4.69) is 10.6 Å². The molecule has 1 aliphatic rings. The lowest BCUT2D eigenvalue weighted by Crippen LogP contribution is -2.57. The number of nitrogens with one attached hydrogen (secondary N) is 2. The van der Waals surface area contributed by atoms with Gasteiger partial charge in [-0.25, -0.2) is 4.79 Å². The Hall–Kier alpha value is -3.22. The monoisotopic (exact) mass is 534 g/mol. The number of likely N-dealkylation sites (tertiary alicyclic amines) is 1. The van der Waals surface area contributed by atoms with Crippen LogP contribution in [0.25, 0.3) is 0 Å². The van der Waals surface area contributed by atoms with Crippen LogP contribution in [0.1, 0.15) is 56.9 Å². The molecule has 1 heterocycles. The molecule has 1 aromatic rings. The molecule has 212 valence electrons. The van der Waals surface area contributed by atoms with Gasteiger partial charge in [0.05, 0.1) is 6.04 Å². The maximum absolute atomic E-state index is 13.3. The highest BCUT2D eigenvalue weighted by molar-refractivity contribution is 5.94. The molecule has 0 aromatic heterocycles. The van der Waals surface area contributed by atoms with E-state index in [0.717, 1.165) is 6.42 Å². The predicted octanol–water partition coefficient (Wildman–Crippen LogP) is -0.435. The lowest BCUT2D eigenvalue weighted by molar-refractivity contribution is -0.143. The van der Waals surface area contributed by atoms with Crippen molar-refractivity contribution in [2.75, 3.05) is 19.6 Å². The highest BCUT2D eigenvalue weighted by Crippen LogP contribution is 2.20. The highest BCUT2D eigenvalue weighted by atomic mass is 16.4. The summed E-state index contributed by atoms with van der Waals surface area (Å²) >= 11 is 0. The van der Waals surface area contributed by atoms with Gasteiger partial charge in [0.1, 0.15) is 23.9 Å². The van der Waals surface area contributed by atoms with Crippen LogP contribution in [-0.2, 0) is 25.6 Å². The summed E-state index contributed by atoms with van der Waals surface area (Å²) in [5, 5.41) is 24.4. The molecule has 4 atom stereocenters. The molecule has 0 bridgehead atoms. The number of hydrogen-bond donors (Lipinski definition) is 7. The second-order valence-corrected chi connectivity index (χ2v) is 9.70. The van der Waals surface area contributed by atoms with Gasteiger partial charge in [-0.1, -0.05) is 18.6 Å². The molecule has 0 aliphatic carbocycles. The van der Waals surface area contributed by atoms with Crippen molar-refractivity contribution in [2.45, 2.75) is 82.0 Å². The van der Waals surface area contributed by atoms with E-state index in [1.54, 1.807) is 12.1 Å². The van der Waals surface area contributed by atoms with Crippen LogP contribution in [0.15, 0.2) is 24.3 Å². The summed E-state index contributed by atoms with van der Waals surface area (Å²) in [5.74, 6) is -2.60. The van der Waals surface area contributed by atoms with Crippen LogP contribution in [0, 0.1) is 0 Å². The number of phenols is 1. The summed E-state index contributed by atoms with van der Waals surface area (Å²) in [6.07, 6.45) is 4.38. The Morgan fingerprint density at radius 3 is 2.18 bits per heavy atom. The Morgan fingerprint density at radius 1 is 0.947 bits per heavy atom. The van der Waals surface area contributed by atoms with E-state index < -0.39 is 42.0 Å². The van der Waals surface area contributed by atoms with E-state index in [1.165, 1.54) is 17.0 Å². The molecule has 3 amide bonds. The largest absolute Gasteiger partial charge is 0.508 e. The van der Waals surface area contributed by atoms with Gasteiger partial charge in [0.25, 0.3) is 0 Å². The minimum absolute atomic E-state index is 0.0487. The molecule has 1 aromatic carbocycles. The quantitative estimate of drug-likeness (QED) is 0.137. The molecule has 1 fully saturated rings. The van der Waals surface area contributed by atoms with Gasteiger partial charge in [-0.15, -0.1) is 0 Å². The molecule has 1 saturated heterocycles. The van der Waals surface area contributed by atoms with E-state index in [4.69, 9.17) is 17.2 Å². The summed E-state index contributed by atoms with van der Waals surface area (Å²) < 4.78 is 0. The normalized spacial score (nSPS) is 17.4. The Morgan fingerprint density at radius 2 is 1.58 bits per heavy atom. The molecule has 12 heteroatoms. The molecule has 1 aliphatic heterocycles. The van der Waals surface area contributed by atoms with Crippen molar-refractivity contribution in [1.82, 2.24) is 15.5 Å².